The minimum atomic E-state index is -1.25. The molecule has 1 unspecified atom stereocenters. The van der Waals surface area contributed by atoms with Crippen molar-refractivity contribution in [3.05, 3.63) is 41.7 Å². The number of aliphatic hydroxyl groups is 1. The van der Waals surface area contributed by atoms with E-state index in [1.54, 1.807) is 10.7 Å². The maximum Gasteiger partial charge on any atom is 0.270 e. The van der Waals surface area contributed by atoms with E-state index >= 15 is 0 Å². The fourth-order valence-corrected chi connectivity index (χ4v) is 3.04. The summed E-state index contributed by atoms with van der Waals surface area (Å²) in [6.45, 7) is 2.40. The number of nitriles is 1. The standard InChI is InChI=1S/C19H22N4O3/c1-13-10-17-19(25)21-16(18(24)12-20)8-3-2-4-9-26-15-7-5-6-14(11-15)23(17)22-13/h5-7,10-11,16,18,24H,2-4,8-9H2,1H3,(H,21,25)/t16-,18?/m0/s1. The number of benzene rings is 1. The van der Waals surface area contributed by atoms with Crippen LogP contribution in [0.25, 0.3) is 5.69 Å². The molecule has 1 aromatic heterocycles. The van der Waals surface area contributed by atoms with Gasteiger partial charge in [-0.1, -0.05) is 12.5 Å². The van der Waals surface area contributed by atoms with Gasteiger partial charge >= 0.3 is 0 Å². The molecular weight excluding hydrogens is 332 g/mol. The third kappa shape index (κ3) is 4.03. The molecule has 2 aromatic rings. The molecule has 2 N–H and O–H groups in total. The average Bonchev–Trinajstić information content (AvgIpc) is 3.04. The SMILES string of the molecule is Cc1cc2n(n1)-c1cccc(c1)OCCCCC[C@@H](C(O)C#N)NC2=O. The number of hydrogen-bond donors (Lipinski definition) is 2. The number of rotatable bonds is 1. The highest BCUT2D eigenvalue weighted by atomic mass is 16.5. The third-order valence-corrected chi connectivity index (χ3v) is 4.38. The molecule has 0 saturated carbocycles. The molecule has 7 nitrogen and oxygen atoms in total. The third-order valence-electron chi connectivity index (χ3n) is 4.38. The second-order valence-corrected chi connectivity index (χ2v) is 6.43. The van der Waals surface area contributed by atoms with Crippen LogP contribution in [-0.2, 0) is 0 Å². The maximum absolute atomic E-state index is 12.8. The summed E-state index contributed by atoms with van der Waals surface area (Å²) in [5, 5.41) is 26.2. The quantitative estimate of drug-likeness (QED) is 0.764. The molecule has 3 rings (SSSR count). The predicted molar refractivity (Wildman–Crippen MR) is 95.1 cm³/mol. The first kappa shape index (κ1) is 18.0. The molecule has 1 amide bonds. The Kier molecular flexibility index (Phi) is 5.54. The number of carbonyl (C=O) groups is 1. The first-order valence-corrected chi connectivity index (χ1v) is 8.77. The molecule has 26 heavy (non-hydrogen) atoms. The number of nitrogens with one attached hydrogen (secondary N) is 1. The van der Waals surface area contributed by atoms with E-state index in [0.717, 1.165) is 30.7 Å². The number of aromatic nitrogens is 2. The molecule has 0 fully saturated rings. The summed E-state index contributed by atoms with van der Waals surface area (Å²) < 4.78 is 7.35. The first-order chi connectivity index (χ1) is 12.6. The highest BCUT2D eigenvalue weighted by molar-refractivity contribution is 5.93. The molecule has 2 heterocycles. The van der Waals surface area contributed by atoms with E-state index in [1.807, 2.05) is 37.3 Å². The van der Waals surface area contributed by atoms with Crippen LogP contribution in [0.1, 0.15) is 41.9 Å². The summed E-state index contributed by atoms with van der Waals surface area (Å²) in [6.07, 6.45) is 1.81. The van der Waals surface area contributed by atoms with Crippen molar-refractivity contribution in [2.24, 2.45) is 0 Å². The van der Waals surface area contributed by atoms with E-state index in [0.29, 0.717) is 24.4 Å². The van der Waals surface area contributed by atoms with Gasteiger partial charge in [-0.3, -0.25) is 4.79 Å². The number of aliphatic hydroxyl groups excluding tert-OH is 1. The van der Waals surface area contributed by atoms with Crippen molar-refractivity contribution in [3.63, 3.8) is 0 Å². The van der Waals surface area contributed by atoms with E-state index in [1.165, 1.54) is 0 Å². The highest BCUT2D eigenvalue weighted by Gasteiger charge is 2.24. The molecule has 2 bridgehead atoms. The Morgan fingerprint density at radius 2 is 2.23 bits per heavy atom. The van der Waals surface area contributed by atoms with E-state index in [9.17, 15) is 9.90 Å². The minimum Gasteiger partial charge on any atom is -0.494 e. The fourth-order valence-electron chi connectivity index (χ4n) is 3.04. The largest absolute Gasteiger partial charge is 0.494 e. The predicted octanol–water partition coefficient (Wildman–Crippen LogP) is 2.12. The molecule has 0 saturated heterocycles. The monoisotopic (exact) mass is 354 g/mol. The number of hydrogen-bond acceptors (Lipinski definition) is 5. The molecule has 136 valence electrons. The number of ether oxygens (including phenoxy) is 1. The lowest BCUT2D eigenvalue weighted by Crippen LogP contribution is -2.43. The van der Waals surface area contributed by atoms with Crippen molar-refractivity contribution < 1.29 is 14.6 Å². The zero-order valence-corrected chi connectivity index (χ0v) is 14.7. The highest BCUT2D eigenvalue weighted by Crippen LogP contribution is 2.20. The van der Waals surface area contributed by atoms with E-state index in [4.69, 9.17) is 10.00 Å². The van der Waals surface area contributed by atoms with Crippen LogP contribution in [0.15, 0.2) is 30.3 Å². The van der Waals surface area contributed by atoms with Crippen LogP contribution in [0, 0.1) is 18.3 Å². The second kappa shape index (κ2) is 8.02. The van der Waals surface area contributed by atoms with Gasteiger partial charge in [-0.2, -0.15) is 10.4 Å². The first-order valence-electron chi connectivity index (χ1n) is 8.77. The Hall–Kier alpha value is -2.85. The number of aryl methyl sites for hydroxylation is 1. The van der Waals surface area contributed by atoms with Gasteiger partial charge in [-0.25, -0.2) is 4.68 Å². The van der Waals surface area contributed by atoms with Crippen LogP contribution in [0.5, 0.6) is 5.75 Å². The Balaban J connectivity index is 1.99. The van der Waals surface area contributed by atoms with Gasteiger partial charge in [0.15, 0.2) is 6.10 Å². The minimum absolute atomic E-state index is 0.354. The van der Waals surface area contributed by atoms with Crippen LogP contribution >= 0.6 is 0 Å². The van der Waals surface area contributed by atoms with Gasteiger partial charge < -0.3 is 15.2 Å². The maximum atomic E-state index is 12.8. The topological polar surface area (TPSA) is 100 Å². The van der Waals surface area contributed by atoms with Crippen LogP contribution in [-0.4, -0.2) is 39.5 Å². The number of fused-ring (bicyclic) bond motifs is 4. The smallest absolute Gasteiger partial charge is 0.270 e. The Morgan fingerprint density at radius 3 is 3.04 bits per heavy atom. The van der Waals surface area contributed by atoms with Gasteiger partial charge in [0.2, 0.25) is 0 Å². The van der Waals surface area contributed by atoms with Gasteiger partial charge in [-0.05, 0) is 44.4 Å². The van der Waals surface area contributed by atoms with Crippen molar-refractivity contribution >= 4 is 5.91 Å². The normalized spacial score (nSPS) is 19.3. The van der Waals surface area contributed by atoms with Gasteiger partial charge in [-0.15, -0.1) is 0 Å². The summed E-state index contributed by atoms with van der Waals surface area (Å²) in [7, 11) is 0. The molecular formula is C19H22N4O3. The van der Waals surface area contributed by atoms with E-state index in [-0.39, 0.29) is 5.91 Å². The number of amides is 1. The lowest BCUT2D eigenvalue weighted by atomic mass is 10.0. The van der Waals surface area contributed by atoms with Crippen molar-refractivity contribution in [2.45, 2.75) is 44.8 Å². The van der Waals surface area contributed by atoms with E-state index < -0.39 is 12.1 Å². The lowest BCUT2D eigenvalue weighted by molar-refractivity contribution is 0.0873. The summed E-state index contributed by atoms with van der Waals surface area (Å²) in [4.78, 5) is 12.8. The summed E-state index contributed by atoms with van der Waals surface area (Å²) in [5.41, 5.74) is 1.77. The Bertz CT molecular complexity index is 824. The summed E-state index contributed by atoms with van der Waals surface area (Å²) in [6, 6.07) is 10.3. The molecule has 0 aliphatic carbocycles. The summed E-state index contributed by atoms with van der Waals surface area (Å²) in [5.74, 6) is 0.366. The Labute approximate surface area is 152 Å². The number of nitrogens with zero attached hydrogens (tertiary/aromatic N) is 3. The van der Waals surface area contributed by atoms with Crippen LogP contribution in [0.2, 0.25) is 0 Å². The Morgan fingerprint density at radius 1 is 1.38 bits per heavy atom. The zero-order valence-electron chi connectivity index (χ0n) is 14.7. The molecule has 2 atom stereocenters. The number of carbonyl (C=O) groups excluding carboxylic acids is 1. The molecule has 1 aliphatic rings. The molecule has 7 heteroatoms. The van der Waals surface area contributed by atoms with Gasteiger partial charge in [0.05, 0.1) is 30.1 Å². The van der Waals surface area contributed by atoms with Crippen molar-refractivity contribution in [3.8, 4) is 17.5 Å². The zero-order chi connectivity index (χ0) is 18.5. The summed E-state index contributed by atoms with van der Waals surface area (Å²) >= 11 is 0. The molecule has 0 spiro atoms. The van der Waals surface area contributed by atoms with Crippen LogP contribution in [0.4, 0.5) is 0 Å². The second-order valence-electron chi connectivity index (χ2n) is 6.43. The molecule has 0 radical (unpaired) electrons. The van der Waals surface area contributed by atoms with Gasteiger partial charge in [0.25, 0.3) is 5.91 Å². The van der Waals surface area contributed by atoms with Crippen molar-refractivity contribution in [1.29, 1.82) is 5.26 Å². The van der Waals surface area contributed by atoms with Gasteiger partial charge in [0.1, 0.15) is 11.4 Å². The van der Waals surface area contributed by atoms with E-state index in [2.05, 4.69) is 10.4 Å². The van der Waals surface area contributed by atoms with Crippen molar-refractivity contribution in [1.82, 2.24) is 15.1 Å². The van der Waals surface area contributed by atoms with Crippen LogP contribution < -0.4 is 10.1 Å². The molecule has 1 aliphatic heterocycles. The average molecular weight is 354 g/mol. The van der Waals surface area contributed by atoms with Crippen LogP contribution in [0.3, 0.4) is 0 Å². The van der Waals surface area contributed by atoms with Crippen molar-refractivity contribution in [2.75, 3.05) is 6.61 Å². The fraction of sp³-hybridized carbons (Fsp3) is 0.421. The lowest BCUT2D eigenvalue weighted by Gasteiger charge is -2.20. The van der Waals surface area contributed by atoms with Gasteiger partial charge in [0, 0.05) is 6.07 Å². The molecule has 1 aromatic carbocycles.